The van der Waals surface area contributed by atoms with Crippen molar-refractivity contribution in [1.29, 1.82) is 0 Å². The molecule has 1 rings (SSSR count). The summed E-state index contributed by atoms with van der Waals surface area (Å²) in [7, 11) is 0. The summed E-state index contributed by atoms with van der Waals surface area (Å²) in [6.45, 7) is 9.73. The minimum absolute atomic E-state index is 0.0504. The first kappa shape index (κ1) is 15.6. The Balaban J connectivity index is 2.91. The van der Waals surface area contributed by atoms with Crippen LogP contribution in [-0.2, 0) is 0 Å². The molecule has 1 unspecified atom stereocenters. The molecule has 0 radical (unpaired) electrons. The Morgan fingerprint density at radius 2 is 2.00 bits per heavy atom. The molecule has 0 aromatic carbocycles. The fourth-order valence-electron chi connectivity index (χ4n) is 1.87. The Hall–Kier alpha value is -1.49. The molecule has 0 bridgehead atoms. The van der Waals surface area contributed by atoms with Crippen LogP contribution in [0.2, 0.25) is 0 Å². The monoisotopic (exact) mass is 265 g/mol. The van der Waals surface area contributed by atoms with Crippen molar-refractivity contribution in [1.82, 2.24) is 15.5 Å². The number of hydrogen-bond donors (Lipinski definition) is 2. The number of amides is 1. The molecule has 0 saturated carbocycles. The zero-order valence-corrected chi connectivity index (χ0v) is 12.3. The highest BCUT2D eigenvalue weighted by atomic mass is 16.3. The number of aliphatic hydroxyl groups excluding tert-OH is 1. The van der Waals surface area contributed by atoms with Crippen LogP contribution in [0.3, 0.4) is 0 Å². The van der Waals surface area contributed by atoms with Gasteiger partial charge in [-0.05, 0) is 31.7 Å². The maximum Gasteiger partial charge on any atom is 0.253 e. The van der Waals surface area contributed by atoms with E-state index in [9.17, 15) is 4.79 Å². The molecule has 5 nitrogen and oxygen atoms in total. The smallest absolute Gasteiger partial charge is 0.253 e. The third-order valence-electron chi connectivity index (χ3n) is 3.11. The number of aryl methyl sites for hydroxylation is 2. The molecule has 0 aliphatic rings. The largest absolute Gasteiger partial charge is 0.396 e. The van der Waals surface area contributed by atoms with Gasteiger partial charge in [0.1, 0.15) is 0 Å². The summed E-state index contributed by atoms with van der Waals surface area (Å²) in [5.41, 5.74) is 1.76. The van der Waals surface area contributed by atoms with E-state index in [4.69, 9.17) is 5.11 Å². The van der Waals surface area contributed by atoms with Gasteiger partial charge >= 0.3 is 0 Å². The van der Waals surface area contributed by atoms with Crippen molar-refractivity contribution in [2.75, 3.05) is 6.61 Å². The summed E-state index contributed by atoms with van der Waals surface area (Å²) in [5.74, 6) is -0.163. The maximum absolute atomic E-state index is 12.3. The molecule has 0 fully saturated rings. The molecule has 0 saturated heterocycles. The predicted molar refractivity (Wildman–Crippen MR) is 73.9 cm³/mol. The molecule has 1 aromatic heterocycles. The quantitative estimate of drug-likeness (QED) is 0.867. The summed E-state index contributed by atoms with van der Waals surface area (Å²) in [5, 5.41) is 20.0. The predicted octanol–water partition coefficient (Wildman–Crippen LogP) is 1.62. The number of nitrogens with zero attached hydrogens (tertiary/aromatic N) is 2. The minimum Gasteiger partial charge on any atom is -0.396 e. The van der Waals surface area contributed by atoms with Crippen molar-refractivity contribution in [2.45, 2.75) is 47.1 Å². The van der Waals surface area contributed by atoms with Crippen molar-refractivity contribution in [3.05, 3.63) is 23.0 Å². The second-order valence-electron chi connectivity index (χ2n) is 5.89. The highest BCUT2D eigenvalue weighted by Gasteiger charge is 2.26. The van der Waals surface area contributed by atoms with E-state index in [0.717, 1.165) is 0 Å². The number of hydrogen-bond acceptors (Lipinski definition) is 4. The van der Waals surface area contributed by atoms with E-state index < -0.39 is 0 Å². The standard InChI is InChI=1S/C14H23N3O2/c1-9-8-11(10(2)17-16-9)13(19)15-12(6-7-18)14(3,4)5/h8,12,18H,6-7H2,1-5H3,(H,15,19). The van der Waals surface area contributed by atoms with Gasteiger partial charge in [-0.15, -0.1) is 0 Å². The molecule has 1 aromatic rings. The van der Waals surface area contributed by atoms with E-state index >= 15 is 0 Å². The molecular weight excluding hydrogens is 242 g/mol. The average molecular weight is 265 g/mol. The fraction of sp³-hybridized carbons (Fsp3) is 0.643. The normalized spacial score (nSPS) is 13.2. The number of aliphatic hydroxyl groups is 1. The van der Waals surface area contributed by atoms with Crippen LogP contribution in [0.5, 0.6) is 0 Å². The molecule has 106 valence electrons. The van der Waals surface area contributed by atoms with Crippen LogP contribution >= 0.6 is 0 Å². The van der Waals surface area contributed by atoms with Crippen molar-refractivity contribution in [3.8, 4) is 0 Å². The van der Waals surface area contributed by atoms with Crippen LogP contribution < -0.4 is 5.32 Å². The minimum atomic E-state index is -0.163. The zero-order valence-electron chi connectivity index (χ0n) is 12.3. The summed E-state index contributed by atoms with van der Waals surface area (Å²) in [6, 6.07) is 1.65. The van der Waals surface area contributed by atoms with Crippen LogP contribution in [0.1, 0.15) is 48.9 Å². The lowest BCUT2D eigenvalue weighted by molar-refractivity contribution is 0.0883. The van der Waals surface area contributed by atoms with Crippen LogP contribution in [0.25, 0.3) is 0 Å². The third kappa shape index (κ3) is 4.28. The van der Waals surface area contributed by atoms with Gasteiger partial charge in [-0.25, -0.2) is 0 Å². The molecule has 2 N–H and O–H groups in total. The van der Waals surface area contributed by atoms with E-state index in [2.05, 4.69) is 15.5 Å². The van der Waals surface area contributed by atoms with Gasteiger partial charge in [0.05, 0.1) is 17.0 Å². The van der Waals surface area contributed by atoms with Gasteiger partial charge in [0.25, 0.3) is 5.91 Å². The lowest BCUT2D eigenvalue weighted by atomic mass is 9.84. The van der Waals surface area contributed by atoms with Crippen molar-refractivity contribution < 1.29 is 9.90 Å². The Labute approximate surface area is 114 Å². The molecule has 19 heavy (non-hydrogen) atoms. The maximum atomic E-state index is 12.3. The second-order valence-corrected chi connectivity index (χ2v) is 5.89. The van der Waals surface area contributed by atoms with Crippen molar-refractivity contribution in [3.63, 3.8) is 0 Å². The highest BCUT2D eigenvalue weighted by molar-refractivity contribution is 5.95. The first-order chi connectivity index (χ1) is 8.75. The Bertz CT molecular complexity index is 452. The number of aromatic nitrogens is 2. The van der Waals surface area contributed by atoms with Gasteiger partial charge in [0.15, 0.2) is 0 Å². The molecule has 0 aliphatic heterocycles. The summed E-state index contributed by atoms with van der Waals surface area (Å²) in [6.07, 6.45) is 0.534. The van der Waals surface area contributed by atoms with Crippen LogP contribution in [0, 0.1) is 19.3 Å². The molecule has 1 atom stereocenters. The number of rotatable bonds is 4. The molecule has 1 heterocycles. The van der Waals surface area contributed by atoms with Crippen molar-refractivity contribution >= 4 is 5.91 Å². The van der Waals surface area contributed by atoms with Gasteiger partial charge < -0.3 is 10.4 Å². The molecular formula is C14H23N3O2. The van der Waals surface area contributed by atoms with E-state index in [1.54, 1.807) is 19.9 Å². The fourth-order valence-corrected chi connectivity index (χ4v) is 1.87. The third-order valence-corrected chi connectivity index (χ3v) is 3.11. The van der Waals surface area contributed by atoms with E-state index in [-0.39, 0.29) is 24.0 Å². The lowest BCUT2D eigenvalue weighted by Gasteiger charge is -2.31. The van der Waals surface area contributed by atoms with Crippen LogP contribution in [0.4, 0.5) is 0 Å². The highest BCUT2D eigenvalue weighted by Crippen LogP contribution is 2.22. The molecule has 5 heteroatoms. The van der Waals surface area contributed by atoms with Gasteiger partial charge in [-0.2, -0.15) is 10.2 Å². The topological polar surface area (TPSA) is 75.1 Å². The summed E-state index contributed by atoms with van der Waals surface area (Å²) < 4.78 is 0. The van der Waals surface area contributed by atoms with E-state index in [0.29, 0.717) is 23.4 Å². The number of carbonyl (C=O) groups is 1. The van der Waals surface area contributed by atoms with Crippen LogP contribution in [-0.4, -0.2) is 33.9 Å². The van der Waals surface area contributed by atoms with Crippen LogP contribution in [0.15, 0.2) is 6.07 Å². The van der Waals surface area contributed by atoms with Gasteiger partial charge in [-0.3, -0.25) is 4.79 Å². The zero-order chi connectivity index (χ0) is 14.6. The summed E-state index contributed by atoms with van der Waals surface area (Å²) in [4.78, 5) is 12.3. The Morgan fingerprint density at radius 3 is 2.53 bits per heavy atom. The molecule has 0 aliphatic carbocycles. The van der Waals surface area contributed by atoms with Gasteiger partial charge in [0.2, 0.25) is 0 Å². The first-order valence-electron chi connectivity index (χ1n) is 6.48. The number of nitrogens with one attached hydrogen (secondary N) is 1. The Kier molecular flexibility index (Phi) is 5.00. The number of carbonyl (C=O) groups excluding carboxylic acids is 1. The van der Waals surface area contributed by atoms with Crippen molar-refractivity contribution in [2.24, 2.45) is 5.41 Å². The van der Waals surface area contributed by atoms with E-state index in [1.807, 2.05) is 20.8 Å². The van der Waals surface area contributed by atoms with E-state index in [1.165, 1.54) is 0 Å². The summed E-state index contributed by atoms with van der Waals surface area (Å²) >= 11 is 0. The molecule has 0 spiro atoms. The lowest BCUT2D eigenvalue weighted by Crippen LogP contribution is -2.44. The second kappa shape index (κ2) is 6.10. The van der Waals surface area contributed by atoms with Gasteiger partial charge in [0, 0.05) is 12.6 Å². The van der Waals surface area contributed by atoms with Gasteiger partial charge in [-0.1, -0.05) is 20.8 Å². The SMILES string of the molecule is Cc1cc(C(=O)NC(CCO)C(C)(C)C)c(C)nn1. The molecule has 1 amide bonds. The first-order valence-corrected chi connectivity index (χ1v) is 6.48. The Morgan fingerprint density at radius 1 is 1.37 bits per heavy atom. The average Bonchev–Trinajstić information content (AvgIpc) is 2.30.